The van der Waals surface area contributed by atoms with E-state index in [4.69, 9.17) is 5.73 Å². The molecule has 1 aromatic carbocycles. The smallest absolute Gasteiger partial charge is 0.223 e. The Kier molecular flexibility index (Phi) is 4.15. The minimum absolute atomic E-state index is 0.213. The minimum Gasteiger partial charge on any atom is -0.352 e. The molecule has 1 aromatic rings. The number of carbonyl (C=O) groups is 1. The van der Waals surface area contributed by atoms with E-state index in [9.17, 15) is 4.79 Å². The van der Waals surface area contributed by atoms with Gasteiger partial charge in [-0.1, -0.05) is 37.1 Å². The van der Waals surface area contributed by atoms with Gasteiger partial charge in [0.15, 0.2) is 0 Å². The van der Waals surface area contributed by atoms with Crippen molar-refractivity contribution >= 4 is 5.91 Å². The Morgan fingerprint density at radius 1 is 1.18 bits per heavy atom. The molecule has 0 unspecified atom stereocenters. The van der Waals surface area contributed by atoms with E-state index >= 15 is 0 Å². The number of hydrogen-bond donors (Lipinski definition) is 2. The van der Waals surface area contributed by atoms with Crippen LogP contribution in [-0.2, 0) is 17.9 Å². The molecule has 1 fully saturated rings. The summed E-state index contributed by atoms with van der Waals surface area (Å²) in [5.74, 6) is 0.462. The largest absolute Gasteiger partial charge is 0.352 e. The standard InChI is InChI=1S/C14H20N2O/c15-9-11-5-7-12(8-6-11)10-16-14(17)13-3-1-2-4-13/h5-8,13H,1-4,9-10,15H2,(H,16,17). The van der Waals surface area contributed by atoms with Crippen LogP contribution in [0.1, 0.15) is 36.8 Å². The van der Waals surface area contributed by atoms with Crippen molar-refractivity contribution in [3.05, 3.63) is 35.4 Å². The fraction of sp³-hybridized carbons (Fsp3) is 0.500. The highest BCUT2D eigenvalue weighted by Crippen LogP contribution is 2.24. The normalized spacial score (nSPS) is 16.1. The zero-order chi connectivity index (χ0) is 12.1. The number of nitrogens with two attached hydrogens (primary N) is 1. The van der Waals surface area contributed by atoms with E-state index < -0.39 is 0 Å². The summed E-state index contributed by atoms with van der Waals surface area (Å²) in [5, 5.41) is 3.01. The number of nitrogens with one attached hydrogen (secondary N) is 1. The molecular weight excluding hydrogens is 212 g/mol. The van der Waals surface area contributed by atoms with Gasteiger partial charge >= 0.3 is 0 Å². The van der Waals surface area contributed by atoms with Crippen LogP contribution in [-0.4, -0.2) is 5.91 Å². The second-order valence-corrected chi connectivity index (χ2v) is 4.72. The zero-order valence-electron chi connectivity index (χ0n) is 10.1. The lowest BCUT2D eigenvalue weighted by atomic mass is 10.1. The van der Waals surface area contributed by atoms with Gasteiger partial charge in [-0.15, -0.1) is 0 Å². The molecule has 92 valence electrons. The first-order valence-corrected chi connectivity index (χ1v) is 6.35. The molecule has 0 aliphatic heterocycles. The first-order valence-electron chi connectivity index (χ1n) is 6.35. The topological polar surface area (TPSA) is 55.1 Å². The van der Waals surface area contributed by atoms with Crippen molar-refractivity contribution in [1.82, 2.24) is 5.32 Å². The molecule has 3 heteroatoms. The van der Waals surface area contributed by atoms with Gasteiger partial charge in [-0.05, 0) is 24.0 Å². The molecule has 0 heterocycles. The average molecular weight is 232 g/mol. The van der Waals surface area contributed by atoms with Crippen LogP contribution < -0.4 is 11.1 Å². The minimum atomic E-state index is 0.213. The quantitative estimate of drug-likeness (QED) is 0.833. The monoisotopic (exact) mass is 232 g/mol. The molecule has 2 rings (SSSR count). The maximum atomic E-state index is 11.8. The number of rotatable bonds is 4. The summed E-state index contributed by atoms with van der Waals surface area (Å²) >= 11 is 0. The summed E-state index contributed by atoms with van der Waals surface area (Å²) in [6.07, 6.45) is 4.50. The highest BCUT2D eigenvalue weighted by molar-refractivity contribution is 5.78. The summed E-state index contributed by atoms with van der Waals surface area (Å²) < 4.78 is 0. The van der Waals surface area contributed by atoms with Crippen LogP contribution >= 0.6 is 0 Å². The summed E-state index contributed by atoms with van der Waals surface area (Å²) in [5.41, 5.74) is 7.79. The average Bonchev–Trinajstić information content (AvgIpc) is 2.90. The number of carbonyl (C=O) groups excluding carboxylic acids is 1. The summed E-state index contributed by atoms with van der Waals surface area (Å²) in [6.45, 7) is 1.19. The van der Waals surface area contributed by atoms with E-state index in [2.05, 4.69) is 5.32 Å². The molecule has 3 N–H and O–H groups in total. The van der Waals surface area contributed by atoms with Gasteiger partial charge < -0.3 is 11.1 Å². The molecule has 1 aliphatic rings. The third-order valence-corrected chi connectivity index (χ3v) is 3.45. The van der Waals surface area contributed by atoms with Crippen molar-refractivity contribution in [3.63, 3.8) is 0 Å². The van der Waals surface area contributed by atoms with Gasteiger partial charge in [0.05, 0.1) is 0 Å². The van der Waals surface area contributed by atoms with Crippen LogP contribution in [0.4, 0.5) is 0 Å². The lowest BCUT2D eigenvalue weighted by Crippen LogP contribution is -2.28. The molecule has 0 spiro atoms. The molecular formula is C14H20N2O. The Labute approximate surface area is 102 Å². The van der Waals surface area contributed by atoms with Gasteiger partial charge in [0.25, 0.3) is 0 Å². The highest BCUT2D eigenvalue weighted by atomic mass is 16.1. The maximum absolute atomic E-state index is 11.8. The molecule has 3 nitrogen and oxygen atoms in total. The van der Waals surface area contributed by atoms with Crippen molar-refractivity contribution in [2.24, 2.45) is 11.7 Å². The number of amides is 1. The Hall–Kier alpha value is -1.35. The number of benzene rings is 1. The van der Waals surface area contributed by atoms with Crippen molar-refractivity contribution in [2.75, 3.05) is 0 Å². The summed E-state index contributed by atoms with van der Waals surface area (Å²) in [4.78, 5) is 11.8. The first kappa shape index (κ1) is 12.1. The van der Waals surface area contributed by atoms with Crippen LogP contribution in [0, 0.1) is 5.92 Å². The predicted octanol–water partition coefficient (Wildman–Crippen LogP) is 1.95. The second-order valence-electron chi connectivity index (χ2n) is 4.72. The van der Waals surface area contributed by atoms with Crippen LogP contribution in [0.3, 0.4) is 0 Å². The van der Waals surface area contributed by atoms with E-state index in [-0.39, 0.29) is 11.8 Å². The first-order chi connectivity index (χ1) is 8.29. The van der Waals surface area contributed by atoms with Gasteiger partial charge in [-0.2, -0.15) is 0 Å². The Balaban J connectivity index is 1.82. The third kappa shape index (κ3) is 3.30. The van der Waals surface area contributed by atoms with Gasteiger partial charge in [-0.3, -0.25) is 4.79 Å². The van der Waals surface area contributed by atoms with Gasteiger partial charge in [-0.25, -0.2) is 0 Å². The molecule has 1 saturated carbocycles. The molecule has 0 saturated heterocycles. The van der Waals surface area contributed by atoms with E-state index in [1.54, 1.807) is 0 Å². The zero-order valence-corrected chi connectivity index (χ0v) is 10.1. The van der Waals surface area contributed by atoms with E-state index in [0.717, 1.165) is 24.0 Å². The van der Waals surface area contributed by atoms with Crippen LogP contribution in [0.5, 0.6) is 0 Å². The lowest BCUT2D eigenvalue weighted by molar-refractivity contribution is -0.124. The highest BCUT2D eigenvalue weighted by Gasteiger charge is 2.21. The second kappa shape index (κ2) is 5.82. The molecule has 0 aromatic heterocycles. The Morgan fingerprint density at radius 3 is 2.35 bits per heavy atom. The molecule has 0 radical (unpaired) electrons. The van der Waals surface area contributed by atoms with Crippen molar-refractivity contribution in [1.29, 1.82) is 0 Å². The Bertz CT molecular complexity index is 366. The Morgan fingerprint density at radius 2 is 1.76 bits per heavy atom. The lowest BCUT2D eigenvalue weighted by Gasteiger charge is -2.10. The molecule has 1 aliphatic carbocycles. The van der Waals surface area contributed by atoms with Crippen LogP contribution in [0.25, 0.3) is 0 Å². The number of hydrogen-bond acceptors (Lipinski definition) is 2. The van der Waals surface area contributed by atoms with Crippen LogP contribution in [0.15, 0.2) is 24.3 Å². The summed E-state index contributed by atoms with van der Waals surface area (Å²) in [7, 11) is 0. The van der Waals surface area contributed by atoms with Gasteiger partial charge in [0, 0.05) is 19.0 Å². The SMILES string of the molecule is NCc1ccc(CNC(=O)C2CCCC2)cc1. The molecule has 1 amide bonds. The van der Waals surface area contributed by atoms with Gasteiger partial charge in [0.2, 0.25) is 5.91 Å². The molecule has 17 heavy (non-hydrogen) atoms. The molecule has 0 atom stereocenters. The third-order valence-electron chi connectivity index (χ3n) is 3.45. The van der Waals surface area contributed by atoms with E-state index in [1.165, 1.54) is 12.8 Å². The van der Waals surface area contributed by atoms with Crippen molar-refractivity contribution < 1.29 is 4.79 Å². The fourth-order valence-corrected chi connectivity index (χ4v) is 2.31. The van der Waals surface area contributed by atoms with E-state index in [0.29, 0.717) is 13.1 Å². The van der Waals surface area contributed by atoms with E-state index in [1.807, 2.05) is 24.3 Å². The van der Waals surface area contributed by atoms with Crippen molar-refractivity contribution in [3.8, 4) is 0 Å². The predicted molar refractivity (Wildman–Crippen MR) is 68.1 cm³/mol. The molecule has 0 bridgehead atoms. The van der Waals surface area contributed by atoms with Crippen molar-refractivity contribution in [2.45, 2.75) is 38.8 Å². The van der Waals surface area contributed by atoms with Crippen LogP contribution in [0.2, 0.25) is 0 Å². The maximum Gasteiger partial charge on any atom is 0.223 e. The summed E-state index contributed by atoms with van der Waals surface area (Å²) in [6, 6.07) is 8.07. The fourth-order valence-electron chi connectivity index (χ4n) is 2.31. The van der Waals surface area contributed by atoms with Gasteiger partial charge in [0.1, 0.15) is 0 Å².